The number of imidazole rings is 1. The Morgan fingerprint density at radius 1 is 0.938 bits per heavy atom. The second-order valence-electron chi connectivity index (χ2n) is 7.88. The zero-order chi connectivity index (χ0) is 22.1. The van der Waals surface area contributed by atoms with Crippen molar-refractivity contribution in [3.63, 3.8) is 0 Å². The molecule has 0 radical (unpaired) electrons. The average molecular weight is 422 g/mol. The molecule has 0 aliphatic rings. The van der Waals surface area contributed by atoms with Crippen LogP contribution in [0.5, 0.6) is 5.75 Å². The molecule has 0 atom stereocenters. The SMILES string of the molecule is Cc1ccc2c(c1)nc(COc1ccccc1C(=O)O)n2Cc1ccc2ccccc2c1. The van der Waals surface area contributed by atoms with E-state index in [-0.39, 0.29) is 12.2 Å². The summed E-state index contributed by atoms with van der Waals surface area (Å²) in [5.74, 6) is 0.0698. The maximum Gasteiger partial charge on any atom is 0.339 e. The van der Waals surface area contributed by atoms with Gasteiger partial charge in [-0.25, -0.2) is 9.78 Å². The molecule has 0 spiro atoms. The highest BCUT2D eigenvalue weighted by atomic mass is 16.5. The lowest BCUT2D eigenvalue weighted by Crippen LogP contribution is -2.10. The molecule has 0 saturated carbocycles. The third-order valence-corrected chi connectivity index (χ3v) is 5.61. The molecule has 0 aliphatic carbocycles. The maximum absolute atomic E-state index is 11.5. The lowest BCUT2D eigenvalue weighted by molar-refractivity contribution is 0.0691. The first-order valence-electron chi connectivity index (χ1n) is 10.5. The molecular weight excluding hydrogens is 400 g/mol. The summed E-state index contributed by atoms with van der Waals surface area (Å²) in [7, 11) is 0. The second-order valence-corrected chi connectivity index (χ2v) is 7.88. The number of aryl methyl sites for hydroxylation is 1. The van der Waals surface area contributed by atoms with Crippen LogP contribution in [0.4, 0.5) is 0 Å². The van der Waals surface area contributed by atoms with Crippen LogP contribution in [0.25, 0.3) is 21.8 Å². The van der Waals surface area contributed by atoms with Crippen molar-refractivity contribution in [2.24, 2.45) is 0 Å². The van der Waals surface area contributed by atoms with Crippen molar-refractivity contribution in [1.29, 1.82) is 0 Å². The summed E-state index contributed by atoms with van der Waals surface area (Å²) in [6.07, 6.45) is 0. The Bertz CT molecular complexity index is 1450. The van der Waals surface area contributed by atoms with Crippen molar-refractivity contribution in [2.75, 3.05) is 0 Å². The first kappa shape index (κ1) is 19.8. The van der Waals surface area contributed by atoms with E-state index in [1.54, 1.807) is 24.3 Å². The first-order valence-corrected chi connectivity index (χ1v) is 10.5. The minimum absolute atomic E-state index is 0.139. The summed E-state index contributed by atoms with van der Waals surface area (Å²) in [5.41, 5.74) is 4.36. The summed E-state index contributed by atoms with van der Waals surface area (Å²) in [6, 6.07) is 27.6. The fourth-order valence-corrected chi connectivity index (χ4v) is 4.01. The van der Waals surface area contributed by atoms with Gasteiger partial charge in [-0.15, -0.1) is 0 Å². The summed E-state index contributed by atoms with van der Waals surface area (Å²) >= 11 is 0. The predicted molar refractivity (Wildman–Crippen MR) is 125 cm³/mol. The zero-order valence-corrected chi connectivity index (χ0v) is 17.7. The Kier molecular flexibility index (Phi) is 5.07. The monoisotopic (exact) mass is 422 g/mol. The lowest BCUT2D eigenvalue weighted by atomic mass is 10.1. The van der Waals surface area contributed by atoms with Crippen molar-refractivity contribution in [3.05, 3.63) is 107 Å². The van der Waals surface area contributed by atoms with Crippen LogP contribution < -0.4 is 4.74 Å². The molecule has 0 amide bonds. The van der Waals surface area contributed by atoms with Crippen LogP contribution in [-0.2, 0) is 13.2 Å². The van der Waals surface area contributed by atoms with Crippen LogP contribution in [0, 0.1) is 6.92 Å². The molecular formula is C27H22N2O3. The summed E-state index contributed by atoms with van der Waals surface area (Å²) < 4.78 is 8.07. The molecule has 32 heavy (non-hydrogen) atoms. The number of aromatic nitrogens is 2. The molecule has 1 heterocycles. The van der Waals surface area contributed by atoms with Crippen molar-refractivity contribution in [2.45, 2.75) is 20.1 Å². The first-order chi connectivity index (χ1) is 15.6. The molecule has 1 N–H and O–H groups in total. The van der Waals surface area contributed by atoms with Crippen molar-refractivity contribution < 1.29 is 14.6 Å². The molecule has 0 bridgehead atoms. The van der Waals surface area contributed by atoms with E-state index >= 15 is 0 Å². The fraction of sp³-hybridized carbons (Fsp3) is 0.111. The molecule has 5 aromatic rings. The van der Waals surface area contributed by atoms with Gasteiger partial charge in [0.15, 0.2) is 0 Å². The number of carbonyl (C=O) groups is 1. The molecule has 0 fully saturated rings. The highest BCUT2D eigenvalue weighted by Gasteiger charge is 2.15. The van der Waals surface area contributed by atoms with E-state index in [2.05, 4.69) is 53.1 Å². The normalized spacial score (nSPS) is 11.2. The maximum atomic E-state index is 11.5. The molecule has 5 nitrogen and oxygen atoms in total. The fourth-order valence-electron chi connectivity index (χ4n) is 4.01. The molecule has 0 unspecified atom stereocenters. The highest BCUT2D eigenvalue weighted by Crippen LogP contribution is 2.24. The predicted octanol–water partition coefficient (Wildman–Crippen LogP) is 5.82. The van der Waals surface area contributed by atoms with Gasteiger partial charge in [0.05, 0.1) is 11.0 Å². The molecule has 4 aromatic carbocycles. The largest absolute Gasteiger partial charge is 0.485 e. The minimum atomic E-state index is -1.01. The summed E-state index contributed by atoms with van der Waals surface area (Å²) in [5, 5.41) is 11.8. The van der Waals surface area contributed by atoms with Gasteiger partial charge in [0.1, 0.15) is 23.7 Å². The van der Waals surface area contributed by atoms with Crippen molar-refractivity contribution >= 4 is 27.8 Å². The number of carboxylic acids is 1. The zero-order valence-electron chi connectivity index (χ0n) is 17.7. The number of hydrogen-bond donors (Lipinski definition) is 1. The number of aromatic carboxylic acids is 1. The highest BCUT2D eigenvalue weighted by molar-refractivity contribution is 5.90. The van der Waals surface area contributed by atoms with Crippen LogP contribution >= 0.6 is 0 Å². The molecule has 5 rings (SSSR count). The summed E-state index contributed by atoms with van der Waals surface area (Å²) in [4.78, 5) is 16.3. The lowest BCUT2D eigenvalue weighted by Gasteiger charge is -2.12. The van der Waals surface area contributed by atoms with E-state index < -0.39 is 5.97 Å². The number of hydrogen-bond acceptors (Lipinski definition) is 3. The van der Waals surface area contributed by atoms with E-state index in [4.69, 9.17) is 9.72 Å². The molecule has 0 saturated heterocycles. The molecule has 1 aromatic heterocycles. The summed E-state index contributed by atoms with van der Waals surface area (Å²) in [6.45, 7) is 2.86. The standard InChI is InChI=1S/C27H22N2O3/c1-18-10-13-24-23(14-18)28-26(17-32-25-9-5-4-8-22(25)27(30)31)29(24)16-19-11-12-20-6-2-3-7-21(20)15-19/h2-15H,16-17H2,1H3,(H,30,31). The Balaban J connectivity index is 1.52. The topological polar surface area (TPSA) is 64.3 Å². The van der Waals surface area contributed by atoms with Gasteiger partial charge in [0.2, 0.25) is 0 Å². The van der Waals surface area contributed by atoms with Crippen LogP contribution in [0.3, 0.4) is 0 Å². The average Bonchev–Trinajstić information content (AvgIpc) is 3.13. The third kappa shape index (κ3) is 3.81. The van der Waals surface area contributed by atoms with Crippen LogP contribution in [-0.4, -0.2) is 20.6 Å². The van der Waals surface area contributed by atoms with Crippen molar-refractivity contribution in [3.8, 4) is 5.75 Å². The number of nitrogens with zero attached hydrogens (tertiary/aromatic N) is 2. The van der Waals surface area contributed by atoms with E-state index in [0.29, 0.717) is 12.3 Å². The number of rotatable bonds is 6. The van der Waals surface area contributed by atoms with Crippen molar-refractivity contribution in [1.82, 2.24) is 9.55 Å². The third-order valence-electron chi connectivity index (χ3n) is 5.61. The van der Waals surface area contributed by atoms with Gasteiger partial charge in [-0.1, -0.05) is 54.6 Å². The number of ether oxygens (including phenoxy) is 1. The van der Waals surface area contributed by atoms with Crippen LogP contribution in [0.15, 0.2) is 84.9 Å². The van der Waals surface area contributed by atoms with Gasteiger partial charge >= 0.3 is 5.97 Å². The van der Waals surface area contributed by atoms with Gasteiger partial charge < -0.3 is 14.4 Å². The number of carboxylic acid groups (broad SMARTS) is 1. The van der Waals surface area contributed by atoms with E-state index in [1.165, 1.54) is 10.8 Å². The number of fused-ring (bicyclic) bond motifs is 2. The number of para-hydroxylation sites is 1. The quantitative estimate of drug-likeness (QED) is 0.374. The number of benzene rings is 4. The van der Waals surface area contributed by atoms with E-state index in [1.807, 2.05) is 19.1 Å². The van der Waals surface area contributed by atoms with Gasteiger partial charge in [-0.3, -0.25) is 0 Å². The van der Waals surface area contributed by atoms with Gasteiger partial charge in [0, 0.05) is 6.54 Å². The molecule has 158 valence electrons. The Hall–Kier alpha value is -4.12. The smallest absolute Gasteiger partial charge is 0.339 e. The Morgan fingerprint density at radius 2 is 1.72 bits per heavy atom. The van der Waals surface area contributed by atoms with Gasteiger partial charge in [-0.05, 0) is 59.2 Å². The van der Waals surface area contributed by atoms with E-state index in [9.17, 15) is 9.90 Å². The van der Waals surface area contributed by atoms with Crippen LogP contribution in [0.1, 0.15) is 27.3 Å². The van der Waals surface area contributed by atoms with Crippen LogP contribution in [0.2, 0.25) is 0 Å². The second kappa shape index (κ2) is 8.19. The Morgan fingerprint density at radius 3 is 2.56 bits per heavy atom. The molecule has 5 heteroatoms. The molecule has 0 aliphatic heterocycles. The van der Waals surface area contributed by atoms with E-state index in [0.717, 1.165) is 28.0 Å². The van der Waals surface area contributed by atoms with Gasteiger partial charge in [-0.2, -0.15) is 0 Å². The minimum Gasteiger partial charge on any atom is -0.485 e. The Labute approximate surface area is 185 Å². The van der Waals surface area contributed by atoms with Gasteiger partial charge in [0.25, 0.3) is 0 Å².